The summed E-state index contributed by atoms with van der Waals surface area (Å²) >= 11 is 0. The summed E-state index contributed by atoms with van der Waals surface area (Å²) in [7, 11) is -3.71. The maximum Gasteiger partial charge on any atom is 0.243 e. The molecule has 2 aliphatic rings. The van der Waals surface area contributed by atoms with E-state index in [1.54, 1.807) is 38.1 Å². The minimum absolute atomic E-state index is 0.117. The Hall–Kier alpha value is -2.58. The second-order valence-electron chi connectivity index (χ2n) is 6.87. The first-order valence-corrected chi connectivity index (χ1v) is 10.7. The monoisotopic (exact) mass is 402 g/mol. The van der Waals surface area contributed by atoms with Crippen LogP contribution in [0.1, 0.15) is 30.9 Å². The predicted molar refractivity (Wildman–Crippen MR) is 104 cm³/mol. The molecule has 148 valence electrons. The van der Waals surface area contributed by atoms with Gasteiger partial charge in [-0.05, 0) is 48.4 Å². The third-order valence-electron chi connectivity index (χ3n) is 5.10. The first-order valence-electron chi connectivity index (χ1n) is 9.23. The Bertz CT molecular complexity index is 1030. The SMILES string of the molecule is CCN(Cc1ccc2c(c1)OCCO2)S(=O)(=O)c1ccc2c(c1)[C@@H](C)C(=O)N2. The Morgan fingerprint density at radius 1 is 1.11 bits per heavy atom. The number of benzene rings is 2. The predicted octanol–water partition coefficient (Wildman–Crippen LogP) is 2.72. The number of ether oxygens (including phenoxy) is 2. The van der Waals surface area contributed by atoms with Crippen molar-refractivity contribution < 1.29 is 22.7 Å². The second kappa shape index (κ2) is 7.10. The van der Waals surface area contributed by atoms with Gasteiger partial charge in [0.25, 0.3) is 0 Å². The molecule has 0 radical (unpaired) electrons. The molecule has 8 heteroatoms. The topological polar surface area (TPSA) is 84.9 Å². The summed E-state index contributed by atoms with van der Waals surface area (Å²) in [6, 6.07) is 10.3. The number of nitrogens with zero attached hydrogens (tertiary/aromatic N) is 1. The summed E-state index contributed by atoms with van der Waals surface area (Å²) < 4.78 is 38.9. The molecule has 0 aliphatic carbocycles. The lowest BCUT2D eigenvalue weighted by atomic mass is 10.0. The van der Waals surface area contributed by atoms with Crippen LogP contribution < -0.4 is 14.8 Å². The van der Waals surface area contributed by atoms with Crippen LogP contribution in [0.15, 0.2) is 41.3 Å². The zero-order valence-corrected chi connectivity index (χ0v) is 16.6. The van der Waals surface area contributed by atoms with Crippen LogP contribution in [0.3, 0.4) is 0 Å². The van der Waals surface area contributed by atoms with Crippen LogP contribution in [0.25, 0.3) is 0 Å². The van der Waals surface area contributed by atoms with Crippen molar-refractivity contribution in [1.29, 1.82) is 0 Å². The standard InChI is InChI=1S/C20H22N2O5S/c1-3-22(12-14-4-7-18-19(10-14)27-9-8-26-18)28(24,25)15-5-6-17-16(11-15)13(2)20(23)21-17/h4-7,10-11,13H,3,8-9,12H2,1-2H3,(H,21,23)/t13-/m1/s1. The van der Waals surface area contributed by atoms with Gasteiger partial charge in [-0.25, -0.2) is 8.42 Å². The summed E-state index contributed by atoms with van der Waals surface area (Å²) in [5.74, 6) is 0.824. The third-order valence-corrected chi connectivity index (χ3v) is 7.01. The minimum Gasteiger partial charge on any atom is -0.486 e. The molecule has 2 aromatic rings. The number of hydrogen-bond donors (Lipinski definition) is 1. The molecule has 4 rings (SSSR count). The molecule has 2 aliphatic heterocycles. The molecule has 1 amide bonds. The van der Waals surface area contributed by atoms with Crippen LogP contribution in [0.4, 0.5) is 5.69 Å². The molecule has 0 fully saturated rings. The number of hydrogen-bond acceptors (Lipinski definition) is 5. The van der Waals surface area contributed by atoms with Crippen LogP contribution in [0.2, 0.25) is 0 Å². The molecule has 7 nitrogen and oxygen atoms in total. The van der Waals surface area contributed by atoms with Gasteiger partial charge in [-0.3, -0.25) is 4.79 Å². The fraction of sp³-hybridized carbons (Fsp3) is 0.350. The Morgan fingerprint density at radius 3 is 2.61 bits per heavy atom. The lowest BCUT2D eigenvalue weighted by Crippen LogP contribution is -2.30. The van der Waals surface area contributed by atoms with E-state index in [0.717, 1.165) is 5.56 Å². The number of rotatable bonds is 5. The van der Waals surface area contributed by atoms with E-state index in [9.17, 15) is 13.2 Å². The van der Waals surface area contributed by atoms with Crippen molar-refractivity contribution in [2.45, 2.75) is 31.2 Å². The fourth-order valence-corrected chi connectivity index (χ4v) is 4.93. The minimum atomic E-state index is -3.71. The van der Waals surface area contributed by atoms with E-state index in [4.69, 9.17) is 9.47 Å². The summed E-state index contributed by atoms with van der Waals surface area (Å²) in [4.78, 5) is 12.0. The highest BCUT2D eigenvalue weighted by molar-refractivity contribution is 7.89. The average Bonchev–Trinajstić information content (AvgIpc) is 2.99. The smallest absolute Gasteiger partial charge is 0.243 e. The molecule has 0 bridgehead atoms. The van der Waals surface area contributed by atoms with Gasteiger partial charge in [0.1, 0.15) is 13.2 Å². The molecule has 0 unspecified atom stereocenters. The average molecular weight is 402 g/mol. The van der Waals surface area contributed by atoms with E-state index >= 15 is 0 Å². The summed E-state index contributed by atoms with van der Waals surface area (Å²) in [5, 5.41) is 2.76. The Labute approximate surface area is 164 Å². The van der Waals surface area contributed by atoms with E-state index in [1.807, 2.05) is 12.1 Å². The highest BCUT2D eigenvalue weighted by atomic mass is 32.2. The highest BCUT2D eigenvalue weighted by Crippen LogP contribution is 2.35. The molecule has 0 saturated heterocycles. The van der Waals surface area contributed by atoms with E-state index in [-0.39, 0.29) is 23.3 Å². The maximum absolute atomic E-state index is 13.2. The number of carbonyl (C=O) groups is 1. The zero-order chi connectivity index (χ0) is 19.9. The van der Waals surface area contributed by atoms with Gasteiger partial charge in [-0.15, -0.1) is 0 Å². The quantitative estimate of drug-likeness (QED) is 0.831. The molecule has 0 aromatic heterocycles. The van der Waals surface area contributed by atoms with Gasteiger partial charge in [0.2, 0.25) is 15.9 Å². The zero-order valence-electron chi connectivity index (χ0n) is 15.8. The first-order chi connectivity index (χ1) is 13.4. The highest BCUT2D eigenvalue weighted by Gasteiger charge is 2.30. The maximum atomic E-state index is 13.2. The van der Waals surface area contributed by atoms with Gasteiger partial charge >= 0.3 is 0 Å². The number of fused-ring (bicyclic) bond motifs is 2. The van der Waals surface area contributed by atoms with Crippen molar-refractivity contribution >= 4 is 21.6 Å². The second-order valence-corrected chi connectivity index (χ2v) is 8.81. The van der Waals surface area contributed by atoms with Gasteiger partial charge in [-0.2, -0.15) is 4.31 Å². The molecule has 0 spiro atoms. The molecule has 0 saturated carbocycles. The van der Waals surface area contributed by atoms with Crippen molar-refractivity contribution in [2.75, 3.05) is 25.1 Å². The molecule has 2 aromatic carbocycles. The normalized spacial score (nSPS) is 18.1. The third kappa shape index (κ3) is 3.22. The van der Waals surface area contributed by atoms with Crippen LogP contribution in [0.5, 0.6) is 11.5 Å². The van der Waals surface area contributed by atoms with E-state index in [1.165, 1.54) is 4.31 Å². The number of amides is 1. The molecule has 2 heterocycles. The Kier molecular flexibility index (Phi) is 4.76. The number of sulfonamides is 1. The lowest BCUT2D eigenvalue weighted by Gasteiger charge is -2.23. The van der Waals surface area contributed by atoms with Gasteiger partial charge in [0, 0.05) is 18.8 Å². The fourth-order valence-electron chi connectivity index (χ4n) is 3.46. The summed E-state index contributed by atoms with van der Waals surface area (Å²) in [5.41, 5.74) is 2.20. The van der Waals surface area contributed by atoms with Crippen molar-refractivity contribution in [3.63, 3.8) is 0 Å². The van der Waals surface area contributed by atoms with Gasteiger partial charge in [0.05, 0.1) is 10.8 Å². The van der Waals surface area contributed by atoms with Gasteiger partial charge in [-0.1, -0.05) is 13.0 Å². The van der Waals surface area contributed by atoms with Gasteiger partial charge < -0.3 is 14.8 Å². The summed E-state index contributed by atoms with van der Waals surface area (Å²) in [6.07, 6.45) is 0. The lowest BCUT2D eigenvalue weighted by molar-refractivity contribution is -0.116. The van der Waals surface area contributed by atoms with Crippen LogP contribution in [-0.2, 0) is 21.4 Å². The molecule has 28 heavy (non-hydrogen) atoms. The molecule has 1 N–H and O–H groups in total. The largest absolute Gasteiger partial charge is 0.486 e. The molecule has 1 atom stereocenters. The molecular formula is C20H22N2O5S. The van der Waals surface area contributed by atoms with Crippen LogP contribution in [0, 0.1) is 0 Å². The van der Waals surface area contributed by atoms with Gasteiger partial charge in [0.15, 0.2) is 11.5 Å². The van der Waals surface area contributed by atoms with Crippen LogP contribution in [-0.4, -0.2) is 38.4 Å². The summed E-state index contributed by atoms with van der Waals surface area (Å²) in [6.45, 7) is 5.10. The number of anilines is 1. The first kappa shape index (κ1) is 18.8. The van der Waals surface area contributed by atoms with Crippen molar-refractivity contribution in [2.24, 2.45) is 0 Å². The Morgan fingerprint density at radius 2 is 1.86 bits per heavy atom. The van der Waals surface area contributed by atoms with Crippen LogP contribution >= 0.6 is 0 Å². The van der Waals surface area contributed by atoms with E-state index < -0.39 is 10.0 Å². The number of nitrogens with one attached hydrogen (secondary N) is 1. The molecular weight excluding hydrogens is 380 g/mol. The van der Waals surface area contributed by atoms with E-state index in [0.29, 0.717) is 42.5 Å². The van der Waals surface area contributed by atoms with Crippen molar-refractivity contribution in [1.82, 2.24) is 4.31 Å². The number of carbonyl (C=O) groups excluding carboxylic acids is 1. The van der Waals surface area contributed by atoms with Crippen molar-refractivity contribution in [3.05, 3.63) is 47.5 Å². The van der Waals surface area contributed by atoms with E-state index in [2.05, 4.69) is 5.32 Å². The van der Waals surface area contributed by atoms with Crippen molar-refractivity contribution in [3.8, 4) is 11.5 Å². The Balaban J connectivity index is 1.62.